The highest BCUT2D eigenvalue weighted by atomic mass is 32.2. The molecule has 1 aliphatic heterocycles. The van der Waals surface area contributed by atoms with Gasteiger partial charge >= 0.3 is 0 Å². The van der Waals surface area contributed by atoms with Crippen molar-refractivity contribution in [1.82, 2.24) is 19.6 Å². The molecule has 1 fully saturated rings. The molecule has 1 aliphatic rings. The summed E-state index contributed by atoms with van der Waals surface area (Å²) in [5.74, 6) is -0.419. The molecule has 4 rings (SSSR count). The van der Waals surface area contributed by atoms with E-state index < -0.39 is 15.7 Å². The SMILES string of the molecule is CS(=O)(=O)c1nc(C(=O)NCC2CN(Cc3ccccc3)CCO2)c2ccccn12. The van der Waals surface area contributed by atoms with Crippen molar-refractivity contribution in [1.29, 1.82) is 0 Å². The van der Waals surface area contributed by atoms with E-state index in [2.05, 4.69) is 27.3 Å². The summed E-state index contributed by atoms with van der Waals surface area (Å²) in [5.41, 5.74) is 1.78. The highest BCUT2D eigenvalue weighted by molar-refractivity contribution is 7.90. The average Bonchev–Trinajstić information content (AvgIpc) is 3.13. The van der Waals surface area contributed by atoms with E-state index in [1.165, 1.54) is 9.96 Å². The van der Waals surface area contributed by atoms with Crippen LogP contribution in [0.25, 0.3) is 5.52 Å². The lowest BCUT2D eigenvalue weighted by Gasteiger charge is -2.33. The number of carbonyl (C=O) groups excluding carboxylic acids is 1. The molecule has 1 unspecified atom stereocenters. The van der Waals surface area contributed by atoms with Gasteiger partial charge < -0.3 is 10.1 Å². The quantitative estimate of drug-likeness (QED) is 0.638. The number of sulfone groups is 1. The highest BCUT2D eigenvalue weighted by Crippen LogP contribution is 2.17. The molecular weight excluding hydrogens is 404 g/mol. The predicted octanol–water partition coefficient (Wildman–Crippen LogP) is 1.37. The first-order valence-electron chi connectivity index (χ1n) is 9.75. The monoisotopic (exact) mass is 428 g/mol. The second kappa shape index (κ2) is 8.55. The number of rotatable bonds is 6. The van der Waals surface area contributed by atoms with E-state index in [0.29, 0.717) is 25.2 Å². The standard InChI is InChI=1S/C21H24N4O4S/c1-30(27,28)21-23-19(18-9-5-6-10-25(18)21)20(26)22-13-17-15-24(11-12-29-17)14-16-7-3-2-4-8-16/h2-10,17H,11-15H2,1H3,(H,22,26). The molecule has 9 heteroatoms. The minimum Gasteiger partial charge on any atom is -0.374 e. The molecule has 2 aromatic heterocycles. The Morgan fingerprint density at radius 3 is 2.73 bits per heavy atom. The maximum atomic E-state index is 12.8. The molecule has 0 radical (unpaired) electrons. The van der Waals surface area contributed by atoms with Crippen LogP contribution in [0.3, 0.4) is 0 Å². The Labute approximate surface area is 175 Å². The lowest BCUT2D eigenvalue weighted by molar-refractivity contribution is -0.0292. The first-order chi connectivity index (χ1) is 14.4. The molecule has 1 aromatic carbocycles. The zero-order valence-corrected chi connectivity index (χ0v) is 17.5. The molecule has 8 nitrogen and oxygen atoms in total. The molecule has 1 atom stereocenters. The third kappa shape index (κ3) is 4.53. The van der Waals surface area contributed by atoms with Crippen LogP contribution in [0.5, 0.6) is 0 Å². The number of hydrogen-bond donors (Lipinski definition) is 1. The van der Waals surface area contributed by atoms with Gasteiger partial charge in [0.2, 0.25) is 15.0 Å². The van der Waals surface area contributed by atoms with Gasteiger partial charge in [0.05, 0.1) is 18.2 Å². The van der Waals surface area contributed by atoms with Crippen molar-refractivity contribution in [3.05, 3.63) is 66.0 Å². The third-order valence-corrected chi connectivity index (χ3v) is 5.98. The zero-order valence-electron chi connectivity index (χ0n) is 16.7. The molecule has 1 saturated heterocycles. The lowest BCUT2D eigenvalue weighted by atomic mass is 10.2. The summed E-state index contributed by atoms with van der Waals surface area (Å²) in [4.78, 5) is 19.2. The number of nitrogens with zero attached hydrogens (tertiary/aromatic N) is 3. The van der Waals surface area contributed by atoms with Crippen LogP contribution in [0, 0.1) is 0 Å². The fourth-order valence-electron chi connectivity index (χ4n) is 3.62. The normalized spacial score (nSPS) is 17.8. The topological polar surface area (TPSA) is 93.0 Å². The number of carbonyl (C=O) groups is 1. The average molecular weight is 429 g/mol. The van der Waals surface area contributed by atoms with Crippen LogP contribution in [0.1, 0.15) is 16.1 Å². The number of ether oxygens (including phenoxy) is 1. The highest BCUT2D eigenvalue weighted by Gasteiger charge is 2.25. The molecule has 158 valence electrons. The fraction of sp³-hybridized carbons (Fsp3) is 0.333. The summed E-state index contributed by atoms with van der Waals surface area (Å²) >= 11 is 0. The molecule has 0 bridgehead atoms. The maximum absolute atomic E-state index is 12.8. The number of morpholine rings is 1. The van der Waals surface area contributed by atoms with Gasteiger partial charge in [-0.05, 0) is 17.7 Å². The number of nitrogens with one attached hydrogen (secondary N) is 1. The van der Waals surface area contributed by atoms with Crippen LogP contribution < -0.4 is 5.32 Å². The molecule has 0 spiro atoms. The van der Waals surface area contributed by atoms with E-state index in [1.807, 2.05) is 18.2 Å². The van der Waals surface area contributed by atoms with Crippen LogP contribution in [0.15, 0.2) is 59.9 Å². The molecule has 3 aromatic rings. The van der Waals surface area contributed by atoms with E-state index >= 15 is 0 Å². The van der Waals surface area contributed by atoms with Gasteiger partial charge in [-0.15, -0.1) is 0 Å². The number of benzene rings is 1. The molecule has 3 heterocycles. The largest absolute Gasteiger partial charge is 0.374 e. The molecular formula is C21H24N4O4S. The summed E-state index contributed by atoms with van der Waals surface area (Å²) in [6, 6.07) is 15.3. The second-order valence-electron chi connectivity index (χ2n) is 7.39. The number of aromatic nitrogens is 2. The van der Waals surface area contributed by atoms with Crippen LogP contribution in [0.2, 0.25) is 0 Å². The van der Waals surface area contributed by atoms with Crippen molar-refractivity contribution >= 4 is 21.3 Å². The summed E-state index contributed by atoms with van der Waals surface area (Å²) < 4.78 is 31.3. The second-order valence-corrected chi connectivity index (χ2v) is 9.30. The van der Waals surface area contributed by atoms with Gasteiger partial charge in [-0.1, -0.05) is 36.4 Å². The third-order valence-electron chi connectivity index (χ3n) is 5.02. The van der Waals surface area contributed by atoms with Crippen molar-refractivity contribution in [2.75, 3.05) is 32.5 Å². The van der Waals surface area contributed by atoms with Crippen LogP contribution in [0.4, 0.5) is 0 Å². The van der Waals surface area contributed by atoms with Crippen molar-refractivity contribution in [3.63, 3.8) is 0 Å². The summed E-state index contributed by atoms with van der Waals surface area (Å²) in [5, 5.41) is 2.70. The molecule has 1 N–H and O–H groups in total. The van der Waals surface area contributed by atoms with Crippen LogP contribution in [-0.4, -0.2) is 67.2 Å². The van der Waals surface area contributed by atoms with E-state index in [0.717, 1.165) is 19.3 Å². The van der Waals surface area contributed by atoms with Crippen molar-refractivity contribution in [3.8, 4) is 0 Å². The van der Waals surface area contributed by atoms with Gasteiger partial charge in [-0.3, -0.25) is 14.1 Å². The van der Waals surface area contributed by atoms with Crippen molar-refractivity contribution in [2.24, 2.45) is 0 Å². The summed E-state index contributed by atoms with van der Waals surface area (Å²) in [6.07, 6.45) is 2.52. The Morgan fingerprint density at radius 2 is 1.97 bits per heavy atom. The van der Waals surface area contributed by atoms with E-state index in [1.54, 1.807) is 24.4 Å². The minimum atomic E-state index is -3.57. The minimum absolute atomic E-state index is 0.0907. The van der Waals surface area contributed by atoms with Gasteiger partial charge in [-0.25, -0.2) is 13.4 Å². The Morgan fingerprint density at radius 1 is 1.20 bits per heavy atom. The van der Waals surface area contributed by atoms with Gasteiger partial charge in [0.25, 0.3) is 5.91 Å². The summed E-state index contributed by atoms with van der Waals surface area (Å²) in [7, 11) is -3.57. The van der Waals surface area contributed by atoms with Gasteiger partial charge in [0.1, 0.15) is 0 Å². The Hall–Kier alpha value is -2.75. The molecule has 1 amide bonds. The van der Waals surface area contributed by atoms with Crippen LogP contribution >= 0.6 is 0 Å². The Kier molecular flexibility index (Phi) is 5.85. The number of pyridine rings is 1. The molecule has 0 saturated carbocycles. The maximum Gasteiger partial charge on any atom is 0.272 e. The van der Waals surface area contributed by atoms with E-state index in [9.17, 15) is 13.2 Å². The van der Waals surface area contributed by atoms with Crippen LogP contribution in [-0.2, 0) is 21.1 Å². The van der Waals surface area contributed by atoms with Gasteiger partial charge in [-0.2, -0.15) is 0 Å². The Bertz CT molecular complexity index is 1140. The fourth-order valence-corrected chi connectivity index (χ4v) is 4.39. The van der Waals surface area contributed by atoms with Gasteiger partial charge in [0.15, 0.2) is 5.69 Å². The smallest absolute Gasteiger partial charge is 0.272 e. The molecule has 30 heavy (non-hydrogen) atoms. The Balaban J connectivity index is 1.42. The number of fused-ring (bicyclic) bond motifs is 1. The van der Waals surface area contributed by atoms with Crippen molar-refractivity contribution < 1.29 is 17.9 Å². The van der Waals surface area contributed by atoms with E-state index in [-0.39, 0.29) is 17.0 Å². The number of hydrogen-bond acceptors (Lipinski definition) is 6. The zero-order chi connectivity index (χ0) is 21.1. The van der Waals surface area contributed by atoms with Gasteiger partial charge in [0, 0.05) is 38.6 Å². The number of amides is 1. The summed E-state index contributed by atoms with van der Waals surface area (Å²) in [6.45, 7) is 3.29. The lowest BCUT2D eigenvalue weighted by Crippen LogP contribution is -2.47. The van der Waals surface area contributed by atoms with E-state index in [4.69, 9.17) is 4.74 Å². The first kappa shape index (κ1) is 20.5. The first-order valence-corrected chi connectivity index (χ1v) is 11.6. The van der Waals surface area contributed by atoms with Crippen molar-refractivity contribution in [2.45, 2.75) is 17.8 Å². The molecule has 0 aliphatic carbocycles. The predicted molar refractivity (Wildman–Crippen MR) is 112 cm³/mol. The number of imidazole rings is 1.